The highest BCUT2D eigenvalue weighted by Gasteiger charge is 2.43. The molecule has 0 saturated heterocycles. The molecule has 7 heteroatoms. The first-order valence-electron chi connectivity index (χ1n) is 10.9. The Labute approximate surface area is 187 Å². The standard InChI is InChI=1S/C25H29N3O4/c1-25(2,3)32-24(31)20(15-8-5-4-6-9-15)27-22(29)19-14-17-11-7-10-16-12-13-18(26)23(30)28(19)21(16)17/h4-11,18-20H,12-14,26H2,1-3H3,(H,27,29). The predicted octanol–water partition coefficient (Wildman–Crippen LogP) is 2.42. The van der Waals surface area contributed by atoms with Crippen molar-refractivity contribution in [3.05, 3.63) is 65.2 Å². The number of aryl methyl sites for hydroxylation is 1. The second-order valence-electron chi connectivity index (χ2n) is 9.38. The summed E-state index contributed by atoms with van der Waals surface area (Å²) in [5.41, 5.74) is 8.78. The summed E-state index contributed by atoms with van der Waals surface area (Å²) in [6, 6.07) is 12.4. The number of hydrogen-bond donors (Lipinski definition) is 2. The Morgan fingerprint density at radius 1 is 1.09 bits per heavy atom. The lowest BCUT2D eigenvalue weighted by Gasteiger charge is -2.29. The first-order valence-corrected chi connectivity index (χ1v) is 10.9. The minimum atomic E-state index is -0.984. The quantitative estimate of drug-likeness (QED) is 0.718. The molecule has 32 heavy (non-hydrogen) atoms. The maximum Gasteiger partial charge on any atom is 0.333 e. The van der Waals surface area contributed by atoms with E-state index in [2.05, 4.69) is 5.32 Å². The van der Waals surface area contributed by atoms with E-state index in [9.17, 15) is 14.4 Å². The van der Waals surface area contributed by atoms with Gasteiger partial charge in [0.15, 0.2) is 6.04 Å². The molecule has 7 nitrogen and oxygen atoms in total. The molecule has 0 spiro atoms. The summed E-state index contributed by atoms with van der Waals surface area (Å²) in [4.78, 5) is 41.1. The van der Waals surface area contributed by atoms with Gasteiger partial charge in [-0.05, 0) is 50.3 Å². The number of esters is 1. The van der Waals surface area contributed by atoms with Gasteiger partial charge in [-0.2, -0.15) is 0 Å². The number of hydrogen-bond acceptors (Lipinski definition) is 5. The van der Waals surface area contributed by atoms with Crippen LogP contribution < -0.4 is 16.0 Å². The number of benzene rings is 2. The Kier molecular flexibility index (Phi) is 5.77. The normalized spacial score (nSPS) is 20.9. The van der Waals surface area contributed by atoms with E-state index in [1.807, 2.05) is 24.3 Å². The third-order valence-corrected chi connectivity index (χ3v) is 5.81. The van der Waals surface area contributed by atoms with E-state index in [4.69, 9.17) is 10.5 Å². The van der Waals surface area contributed by atoms with Crippen LogP contribution >= 0.6 is 0 Å². The van der Waals surface area contributed by atoms with Gasteiger partial charge in [-0.1, -0.05) is 48.5 Å². The molecule has 3 N–H and O–H groups in total. The van der Waals surface area contributed by atoms with E-state index < -0.39 is 35.6 Å². The van der Waals surface area contributed by atoms with Crippen LogP contribution in [-0.2, 0) is 32.0 Å². The number of nitrogens with zero attached hydrogens (tertiary/aromatic N) is 1. The van der Waals surface area contributed by atoms with E-state index in [-0.39, 0.29) is 5.91 Å². The van der Waals surface area contributed by atoms with Crippen molar-refractivity contribution < 1.29 is 19.1 Å². The molecular formula is C25H29N3O4. The molecule has 0 radical (unpaired) electrons. The zero-order valence-electron chi connectivity index (χ0n) is 18.6. The number of anilines is 1. The Morgan fingerprint density at radius 3 is 2.47 bits per heavy atom. The zero-order valence-corrected chi connectivity index (χ0v) is 18.6. The molecule has 2 aromatic rings. The minimum Gasteiger partial charge on any atom is -0.458 e. The van der Waals surface area contributed by atoms with Gasteiger partial charge in [-0.3, -0.25) is 14.5 Å². The lowest BCUT2D eigenvalue weighted by molar-refractivity contribution is -0.159. The van der Waals surface area contributed by atoms with E-state index in [0.717, 1.165) is 16.8 Å². The Hall–Kier alpha value is -3.19. The number of amides is 2. The van der Waals surface area contributed by atoms with Gasteiger partial charge in [0.05, 0.1) is 11.7 Å². The van der Waals surface area contributed by atoms with E-state index in [1.54, 1.807) is 45.0 Å². The van der Waals surface area contributed by atoms with Crippen LogP contribution in [0.5, 0.6) is 0 Å². The Morgan fingerprint density at radius 2 is 1.78 bits per heavy atom. The molecular weight excluding hydrogens is 406 g/mol. The van der Waals surface area contributed by atoms with Crippen LogP contribution in [0.1, 0.15) is 49.9 Å². The molecule has 3 unspecified atom stereocenters. The van der Waals surface area contributed by atoms with Gasteiger partial charge >= 0.3 is 5.97 Å². The number of ether oxygens (including phenoxy) is 1. The molecule has 2 amide bonds. The summed E-state index contributed by atoms with van der Waals surface area (Å²) in [5.74, 6) is -1.22. The fraction of sp³-hybridized carbons (Fsp3) is 0.400. The number of nitrogens with two attached hydrogens (primary N) is 1. The summed E-state index contributed by atoms with van der Waals surface area (Å²) in [6.07, 6.45) is 1.60. The van der Waals surface area contributed by atoms with Crippen molar-refractivity contribution in [2.24, 2.45) is 5.73 Å². The lowest BCUT2D eigenvalue weighted by Crippen LogP contribution is -2.53. The van der Waals surface area contributed by atoms with Crippen molar-refractivity contribution in [1.29, 1.82) is 0 Å². The molecule has 0 bridgehead atoms. The summed E-state index contributed by atoms with van der Waals surface area (Å²) in [7, 11) is 0. The third-order valence-electron chi connectivity index (χ3n) is 5.81. The van der Waals surface area contributed by atoms with Gasteiger partial charge in [0.1, 0.15) is 11.6 Å². The number of carbonyl (C=O) groups excluding carboxylic acids is 3. The molecule has 2 aromatic carbocycles. The molecule has 168 valence electrons. The van der Waals surface area contributed by atoms with E-state index >= 15 is 0 Å². The van der Waals surface area contributed by atoms with Crippen LogP contribution in [0.25, 0.3) is 0 Å². The highest BCUT2D eigenvalue weighted by Crippen LogP contribution is 2.39. The Balaban J connectivity index is 1.64. The molecule has 0 saturated carbocycles. The first-order chi connectivity index (χ1) is 15.2. The maximum absolute atomic E-state index is 13.5. The fourth-order valence-corrected chi connectivity index (χ4v) is 4.39. The van der Waals surface area contributed by atoms with Crippen molar-refractivity contribution in [1.82, 2.24) is 5.32 Å². The maximum atomic E-state index is 13.5. The molecule has 0 fully saturated rings. The van der Waals surface area contributed by atoms with Crippen LogP contribution in [0, 0.1) is 0 Å². The summed E-state index contributed by atoms with van der Waals surface area (Å²) < 4.78 is 5.57. The smallest absolute Gasteiger partial charge is 0.333 e. The average Bonchev–Trinajstić information content (AvgIpc) is 3.09. The van der Waals surface area contributed by atoms with Crippen LogP contribution in [0.15, 0.2) is 48.5 Å². The largest absolute Gasteiger partial charge is 0.458 e. The zero-order chi connectivity index (χ0) is 23.0. The molecule has 2 aliphatic rings. The average molecular weight is 436 g/mol. The van der Waals surface area contributed by atoms with Crippen LogP contribution in [0.3, 0.4) is 0 Å². The number of rotatable bonds is 4. The van der Waals surface area contributed by atoms with Crippen LogP contribution in [0.2, 0.25) is 0 Å². The highest BCUT2D eigenvalue weighted by atomic mass is 16.6. The van der Waals surface area contributed by atoms with E-state index in [1.165, 1.54) is 4.90 Å². The van der Waals surface area contributed by atoms with Crippen molar-refractivity contribution in [3.8, 4) is 0 Å². The highest BCUT2D eigenvalue weighted by molar-refractivity contribution is 6.07. The molecule has 0 aliphatic carbocycles. The lowest BCUT2D eigenvalue weighted by atomic mass is 10.0. The molecule has 4 rings (SSSR count). The SMILES string of the molecule is CC(C)(C)OC(=O)C(NC(=O)C1Cc2cccc3c2N1C(=O)C(N)CC3)c1ccccc1. The topological polar surface area (TPSA) is 102 Å². The second kappa shape index (κ2) is 8.39. The van der Waals surface area contributed by atoms with Gasteiger partial charge in [-0.25, -0.2) is 4.79 Å². The second-order valence-corrected chi connectivity index (χ2v) is 9.38. The van der Waals surface area contributed by atoms with Crippen molar-refractivity contribution in [2.45, 2.75) is 63.8 Å². The number of nitrogens with one attached hydrogen (secondary N) is 1. The molecule has 2 heterocycles. The van der Waals surface area contributed by atoms with Gasteiger partial charge in [0.25, 0.3) is 0 Å². The molecule has 0 aromatic heterocycles. The van der Waals surface area contributed by atoms with E-state index in [0.29, 0.717) is 24.8 Å². The summed E-state index contributed by atoms with van der Waals surface area (Å²) in [6.45, 7) is 5.34. The monoisotopic (exact) mass is 435 g/mol. The number of carbonyl (C=O) groups is 3. The number of para-hydroxylation sites is 1. The first kappa shape index (κ1) is 22.0. The molecule has 3 atom stereocenters. The predicted molar refractivity (Wildman–Crippen MR) is 121 cm³/mol. The van der Waals surface area contributed by atoms with Gasteiger partial charge in [0, 0.05) is 6.42 Å². The van der Waals surface area contributed by atoms with Gasteiger partial charge in [-0.15, -0.1) is 0 Å². The van der Waals surface area contributed by atoms with Crippen LogP contribution in [-0.4, -0.2) is 35.5 Å². The van der Waals surface area contributed by atoms with Gasteiger partial charge < -0.3 is 15.8 Å². The summed E-state index contributed by atoms with van der Waals surface area (Å²) in [5, 5.41) is 2.85. The van der Waals surface area contributed by atoms with Crippen molar-refractivity contribution in [2.75, 3.05) is 4.90 Å². The minimum absolute atomic E-state index is 0.262. The van der Waals surface area contributed by atoms with Crippen molar-refractivity contribution in [3.63, 3.8) is 0 Å². The molecule has 2 aliphatic heterocycles. The van der Waals surface area contributed by atoms with Crippen LogP contribution in [0.4, 0.5) is 5.69 Å². The third kappa shape index (κ3) is 4.25. The fourth-order valence-electron chi connectivity index (χ4n) is 4.39. The Bertz CT molecular complexity index is 1040. The van der Waals surface area contributed by atoms with Gasteiger partial charge in [0.2, 0.25) is 11.8 Å². The van der Waals surface area contributed by atoms with Crippen molar-refractivity contribution >= 4 is 23.5 Å². The summed E-state index contributed by atoms with van der Waals surface area (Å²) >= 11 is 0.